The van der Waals surface area contributed by atoms with Crippen molar-refractivity contribution < 1.29 is 24.1 Å². The van der Waals surface area contributed by atoms with Gasteiger partial charge in [0.1, 0.15) is 17.6 Å². The van der Waals surface area contributed by atoms with E-state index in [1.807, 2.05) is 19.1 Å². The molecule has 1 aliphatic heterocycles. The van der Waals surface area contributed by atoms with Gasteiger partial charge in [-0.1, -0.05) is 6.92 Å². The van der Waals surface area contributed by atoms with E-state index in [0.29, 0.717) is 30.2 Å². The van der Waals surface area contributed by atoms with Crippen LogP contribution >= 0.6 is 11.3 Å². The van der Waals surface area contributed by atoms with Crippen LogP contribution in [-0.4, -0.2) is 27.8 Å². The van der Waals surface area contributed by atoms with E-state index in [1.165, 1.54) is 23.9 Å². The van der Waals surface area contributed by atoms with E-state index in [2.05, 4.69) is 15.3 Å². The number of nitrogens with zero attached hydrogens (tertiary/aromatic N) is 2. The van der Waals surface area contributed by atoms with Gasteiger partial charge in [0.25, 0.3) is 5.91 Å². The summed E-state index contributed by atoms with van der Waals surface area (Å²) in [6.07, 6.45) is 3.34. The molecule has 1 aromatic carbocycles. The number of fused-ring (bicyclic) bond motifs is 1. The SMILES string of the molecule is CCC(C)(O)c1ccc(CNC(=O)c2cncnc2Oc2ccc3c(c2)OCO3)s1. The van der Waals surface area contributed by atoms with Gasteiger partial charge in [-0.15, -0.1) is 11.3 Å². The zero-order valence-corrected chi connectivity index (χ0v) is 17.4. The van der Waals surface area contributed by atoms with Gasteiger partial charge in [0.2, 0.25) is 12.7 Å². The van der Waals surface area contributed by atoms with Crippen LogP contribution in [0.2, 0.25) is 0 Å². The fourth-order valence-electron chi connectivity index (χ4n) is 2.81. The third-order valence-electron chi connectivity index (χ3n) is 4.78. The van der Waals surface area contributed by atoms with E-state index in [-0.39, 0.29) is 24.1 Å². The molecule has 1 amide bonds. The lowest BCUT2D eigenvalue weighted by atomic mass is 10.0. The highest BCUT2D eigenvalue weighted by molar-refractivity contribution is 7.12. The lowest BCUT2D eigenvalue weighted by Crippen LogP contribution is -2.23. The third kappa shape index (κ3) is 4.22. The predicted molar refractivity (Wildman–Crippen MR) is 110 cm³/mol. The fraction of sp³-hybridized carbons (Fsp3) is 0.286. The maximum atomic E-state index is 12.7. The standard InChI is InChI=1S/C21H21N3O5S/c1-3-21(2,26)18-7-5-14(30-18)9-23-19(25)15-10-22-11-24-20(15)29-13-4-6-16-17(8-13)28-12-27-16/h4-8,10-11,26H,3,9,12H2,1-2H3,(H,23,25). The first-order valence-corrected chi connectivity index (χ1v) is 10.2. The summed E-state index contributed by atoms with van der Waals surface area (Å²) < 4.78 is 16.4. The Morgan fingerprint density at radius 2 is 2.13 bits per heavy atom. The Balaban J connectivity index is 1.45. The Kier molecular flexibility index (Phi) is 5.56. The average molecular weight is 427 g/mol. The minimum Gasteiger partial charge on any atom is -0.454 e. The molecule has 0 saturated carbocycles. The molecule has 30 heavy (non-hydrogen) atoms. The summed E-state index contributed by atoms with van der Waals surface area (Å²) in [5, 5.41) is 13.2. The molecule has 2 aromatic heterocycles. The smallest absolute Gasteiger partial charge is 0.258 e. The second-order valence-corrected chi connectivity index (χ2v) is 8.10. The second-order valence-electron chi connectivity index (χ2n) is 6.93. The van der Waals surface area contributed by atoms with Crippen LogP contribution in [0.4, 0.5) is 0 Å². The molecule has 1 aliphatic rings. The lowest BCUT2D eigenvalue weighted by Gasteiger charge is -2.18. The number of thiophene rings is 1. The largest absolute Gasteiger partial charge is 0.454 e. The molecule has 0 saturated heterocycles. The number of carbonyl (C=O) groups is 1. The Labute approximate surface area is 177 Å². The topological polar surface area (TPSA) is 103 Å². The van der Waals surface area contributed by atoms with Crippen LogP contribution < -0.4 is 19.5 Å². The number of ether oxygens (including phenoxy) is 3. The Hall–Kier alpha value is -3.17. The summed E-state index contributed by atoms with van der Waals surface area (Å²) in [5.41, 5.74) is -0.654. The monoisotopic (exact) mass is 427 g/mol. The quantitative estimate of drug-likeness (QED) is 0.594. The normalized spacial score (nSPS) is 14.2. The van der Waals surface area contributed by atoms with Crippen molar-refractivity contribution in [2.24, 2.45) is 0 Å². The van der Waals surface area contributed by atoms with E-state index in [0.717, 1.165) is 9.75 Å². The Morgan fingerprint density at radius 3 is 2.97 bits per heavy atom. The molecule has 0 radical (unpaired) electrons. The van der Waals surface area contributed by atoms with Crippen molar-refractivity contribution in [3.8, 4) is 23.1 Å². The molecule has 0 aliphatic carbocycles. The van der Waals surface area contributed by atoms with Gasteiger partial charge in [0.15, 0.2) is 11.5 Å². The minimum absolute atomic E-state index is 0.141. The van der Waals surface area contributed by atoms with Gasteiger partial charge >= 0.3 is 0 Å². The number of carbonyl (C=O) groups excluding carboxylic acids is 1. The van der Waals surface area contributed by atoms with E-state index in [9.17, 15) is 9.90 Å². The van der Waals surface area contributed by atoms with Crippen LogP contribution in [-0.2, 0) is 12.1 Å². The summed E-state index contributed by atoms with van der Waals surface area (Å²) in [6.45, 7) is 4.19. The Morgan fingerprint density at radius 1 is 1.30 bits per heavy atom. The number of aromatic nitrogens is 2. The third-order valence-corrected chi connectivity index (χ3v) is 6.12. The first kappa shape index (κ1) is 20.1. The van der Waals surface area contributed by atoms with E-state index in [4.69, 9.17) is 14.2 Å². The van der Waals surface area contributed by atoms with Gasteiger partial charge in [-0.05, 0) is 37.6 Å². The van der Waals surface area contributed by atoms with Crippen molar-refractivity contribution in [3.63, 3.8) is 0 Å². The number of hydrogen-bond donors (Lipinski definition) is 2. The molecule has 2 N–H and O–H groups in total. The molecular weight excluding hydrogens is 406 g/mol. The second kappa shape index (κ2) is 8.29. The summed E-state index contributed by atoms with van der Waals surface area (Å²) in [5.74, 6) is 1.46. The van der Waals surface area contributed by atoms with Gasteiger partial charge in [-0.3, -0.25) is 4.79 Å². The first-order chi connectivity index (χ1) is 14.5. The molecule has 9 heteroatoms. The fourth-order valence-corrected chi connectivity index (χ4v) is 3.87. The van der Waals surface area contributed by atoms with Gasteiger partial charge in [-0.25, -0.2) is 9.97 Å². The zero-order valence-electron chi connectivity index (χ0n) is 16.5. The molecule has 4 rings (SSSR count). The first-order valence-electron chi connectivity index (χ1n) is 9.43. The van der Waals surface area contributed by atoms with Crippen LogP contribution in [0.5, 0.6) is 23.1 Å². The van der Waals surface area contributed by atoms with E-state index >= 15 is 0 Å². The molecule has 0 spiro atoms. The Bertz CT molecular complexity index is 1070. The van der Waals surface area contributed by atoms with Crippen LogP contribution in [0.1, 0.15) is 40.4 Å². The van der Waals surface area contributed by atoms with Crippen LogP contribution in [0, 0.1) is 0 Å². The summed E-state index contributed by atoms with van der Waals surface area (Å²) in [6, 6.07) is 8.91. The molecule has 3 heterocycles. The molecule has 156 valence electrons. The maximum Gasteiger partial charge on any atom is 0.258 e. The van der Waals surface area contributed by atoms with Crippen LogP contribution in [0.25, 0.3) is 0 Å². The number of amides is 1. The van der Waals surface area contributed by atoms with Gasteiger partial charge < -0.3 is 24.6 Å². The molecule has 0 fully saturated rings. The highest BCUT2D eigenvalue weighted by atomic mass is 32.1. The lowest BCUT2D eigenvalue weighted by molar-refractivity contribution is 0.0569. The summed E-state index contributed by atoms with van der Waals surface area (Å²) in [4.78, 5) is 22.5. The summed E-state index contributed by atoms with van der Waals surface area (Å²) >= 11 is 1.47. The number of benzene rings is 1. The number of hydrogen-bond acceptors (Lipinski definition) is 8. The van der Waals surface area contributed by atoms with Gasteiger partial charge in [-0.2, -0.15) is 0 Å². The van der Waals surface area contributed by atoms with E-state index in [1.54, 1.807) is 25.1 Å². The minimum atomic E-state index is -0.869. The van der Waals surface area contributed by atoms with Crippen molar-refractivity contribution in [1.29, 1.82) is 0 Å². The molecule has 1 unspecified atom stereocenters. The highest BCUT2D eigenvalue weighted by Gasteiger charge is 2.23. The number of rotatable bonds is 7. The predicted octanol–water partition coefficient (Wildman–Crippen LogP) is 3.61. The zero-order chi connectivity index (χ0) is 21.1. The maximum absolute atomic E-state index is 12.7. The van der Waals surface area contributed by atoms with Crippen molar-refractivity contribution in [1.82, 2.24) is 15.3 Å². The van der Waals surface area contributed by atoms with Crippen molar-refractivity contribution in [2.75, 3.05) is 6.79 Å². The van der Waals surface area contributed by atoms with Crippen LogP contribution in [0.3, 0.4) is 0 Å². The number of aliphatic hydroxyl groups is 1. The molecule has 0 bridgehead atoms. The summed E-state index contributed by atoms with van der Waals surface area (Å²) in [7, 11) is 0. The van der Waals surface area contributed by atoms with Gasteiger partial charge in [0.05, 0.1) is 12.1 Å². The van der Waals surface area contributed by atoms with Gasteiger partial charge in [0, 0.05) is 22.0 Å². The van der Waals surface area contributed by atoms with Crippen molar-refractivity contribution in [3.05, 3.63) is 58.2 Å². The van der Waals surface area contributed by atoms with Crippen molar-refractivity contribution >= 4 is 17.2 Å². The molecular formula is C21H21N3O5S. The highest BCUT2D eigenvalue weighted by Crippen LogP contribution is 2.36. The average Bonchev–Trinajstić information content (AvgIpc) is 3.42. The molecule has 8 nitrogen and oxygen atoms in total. The molecule has 3 aromatic rings. The molecule has 1 atom stereocenters. The van der Waals surface area contributed by atoms with Crippen molar-refractivity contribution in [2.45, 2.75) is 32.4 Å². The van der Waals surface area contributed by atoms with E-state index < -0.39 is 5.60 Å². The van der Waals surface area contributed by atoms with Crippen LogP contribution in [0.15, 0.2) is 42.9 Å². The number of nitrogens with one attached hydrogen (secondary N) is 1.